The number of nitrogens with one attached hydrogen (secondary N) is 2. The molecule has 2 aromatic carbocycles. The van der Waals surface area contributed by atoms with Gasteiger partial charge in [0.1, 0.15) is 12.0 Å². The van der Waals surface area contributed by atoms with Crippen LogP contribution in [0.15, 0.2) is 88.7 Å². The number of allylic oxidation sites excluding steroid dienone is 3. The zero-order valence-corrected chi connectivity index (χ0v) is 16.0. The smallest absolute Gasteiger partial charge is 0.126 e. The normalized spacial score (nSPS) is 17.9. The maximum Gasteiger partial charge on any atom is 0.126 e. The Kier molecular flexibility index (Phi) is 4.66. The number of likely N-dealkylation sites (N-methyl/N-ethyl adjacent to an activating group) is 1. The molecule has 0 saturated heterocycles. The molecule has 1 unspecified atom stereocenters. The molecule has 2 aliphatic rings. The number of hydrogen-bond donors (Lipinski definition) is 2. The first-order valence-corrected chi connectivity index (χ1v) is 9.59. The zero-order valence-electron chi connectivity index (χ0n) is 15.2. The van der Waals surface area contributed by atoms with Crippen LogP contribution in [0.4, 0.5) is 0 Å². The van der Waals surface area contributed by atoms with Crippen molar-refractivity contribution in [1.29, 1.82) is 5.26 Å². The summed E-state index contributed by atoms with van der Waals surface area (Å²) in [4.78, 5) is 3.35. The van der Waals surface area contributed by atoms with Gasteiger partial charge in [-0.1, -0.05) is 30.3 Å². The molecule has 0 aliphatic carbocycles. The van der Waals surface area contributed by atoms with Gasteiger partial charge in [-0.2, -0.15) is 5.26 Å². The molecule has 4 rings (SSSR count). The van der Waals surface area contributed by atoms with Gasteiger partial charge in [0, 0.05) is 17.6 Å². The molecule has 2 heterocycles. The highest BCUT2D eigenvalue weighted by molar-refractivity contribution is 7.97. The van der Waals surface area contributed by atoms with E-state index >= 15 is 0 Å². The van der Waals surface area contributed by atoms with Gasteiger partial charge in [-0.25, -0.2) is 0 Å². The Labute approximate surface area is 164 Å². The predicted octanol–water partition coefficient (Wildman–Crippen LogP) is 4.37. The van der Waals surface area contributed by atoms with Crippen LogP contribution in [-0.2, 0) is 0 Å². The van der Waals surface area contributed by atoms with Crippen LogP contribution in [0, 0.1) is 11.3 Å². The lowest BCUT2D eigenvalue weighted by Crippen LogP contribution is -2.43. The van der Waals surface area contributed by atoms with Gasteiger partial charge in [-0.3, -0.25) is 0 Å². The first-order valence-electron chi connectivity index (χ1n) is 8.77. The SMILES string of the molecule is CC1=CC2=CC=C(NSc3ccc(-c4ccc(C#N)cc4)cc3)N(C)C2N1. The molecule has 2 N–H and O–H groups in total. The number of nitrogens with zero attached hydrogens (tertiary/aromatic N) is 2. The molecule has 0 fully saturated rings. The Morgan fingerprint density at radius 3 is 2.37 bits per heavy atom. The molecule has 0 bridgehead atoms. The number of fused-ring (bicyclic) bond motifs is 1. The van der Waals surface area contributed by atoms with Crippen molar-refractivity contribution in [3.63, 3.8) is 0 Å². The Morgan fingerprint density at radius 1 is 1.04 bits per heavy atom. The van der Waals surface area contributed by atoms with Crippen molar-refractivity contribution in [3.8, 4) is 17.2 Å². The van der Waals surface area contributed by atoms with Crippen molar-refractivity contribution in [1.82, 2.24) is 14.9 Å². The van der Waals surface area contributed by atoms with Crippen molar-refractivity contribution in [3.05, 3.63) is 89.4 Å². The topological polar surface area (TPSA) is 51.1 Å². The Bertz CT molecular complexity index is 978. The maximum absolute atomic E-state index is 8.91. The second-order valence-corrected chi connectivity index (χ2v) is 7.50. The molecule has 134 valence electrons. The van der Waals surface area contributed by atoms with Gasteiger partial charge in [-0.05, 0) is 72.0 Å². The monoisotopic (exact) mass is 372 g/mol. The van der Waals surface area contributed by atoms with E-state index in [0.29, 0.717) is 5.56 Å². The third-order valence-corrected chi connectivity index (χ3v) is 5.56. The lowest BCUT2D eigenvalue weighted by Gasteiger charge is -2.33. The summed E-state index contributed by atoms with van der Waals surface area (Å²) < 4.78 is 3.45. The summed E-state index contributed by atoms with van der Waals surface area (Å²) >= 11 is 1.60. The first kappa shape index (κ1) is 17.3. The van der Waals surface area contributed by atoms with Crippen molar-refractivity contribution in [2.45, 2.75) is 18.0 Å². The fourth-order valence-corrected chi connectivity index (χ4v) is 3.94. The average molecular weight is 372 g/mol. The van der Waals surface area contributed by atoms with Crippen LogP contribution < -0.4 is 10.0 Å². The van der Waals surface area contributed by atoms with E-state index in [1.165, 1.54) is 11.3 Å². The van der Waals surface area contributed by atoms with Crippen LogP contribution in [0.3, 0.4) is 0 Å². The third kappa shape index (κ3) is 3.57. The Hall–Kier alpha value is -3.10. The number of nitriles is 1. The molecule has 0 amide bonds. The van der Waals surface area contributed by atoms with Gasteiger partial charge in [0.05, 0.1) is 11.6 Å². The Morgan fingerprint density at radius 2 is 1.70 bits per heavy atom. The molecule has 27 heavy (non-hydrogen) atoms. The van der Waals surface area contributed by atoms with Gasteiger partial charge in [0.2, 0.25) is 0 Å². The molecule has 1 atom stereocenters. The number of benzene rings is 2. The van der Waals surface area contributed by atoms with Crippen LogP contribution in [0.2, 0.25) is 0 Å². The van der Waals surface area contributed by atoms with E-state index in [0.717, 1.165) is 21.8 Å². The highest BCUT2D eigenvalue weighted by atomic mass is 32.2. The van der Waals surface area contributed by atoms with E-state index in [2.05, 4.69) is 77.5 Å². The second kappa shape index (κ2) is 7.26. The minimum absolute atomic E-state index is 0.205. The Balaban J connectivity index is 1.41. The van der Waals surface area contributed by atoms with E-state index in [4.69, 9.17) is 5.26 Å². The van der Waals surface area contributed by atoms with Crippen LogP contribution in [0.25, 0.3) is 11.1 Å². The van der Waals surface area contributed by atoms with Gasteiger partial charge >= 0.3 is 0 Å². The molecule has 2 aliphatic heterocycles. The van der Waals surface area contributed by atoms with E-state index in [-0.39, 0.29) is 6.17 Å². The van der Waals surface area contributed by atoms with Crippen molar-refractivity contribution < 1.29 is 0 Å². The maximum atomic E-state index is 8.91. The van der Waals surface area contributed by atoms with Crippen LogP contribution >= 0.6 is 11.9 Å². The summed E-state index contributed by atoms with van der Waals surface area (Å²) in [6.07, 6.45) is 6.66. The molecular formula is C22H20N4S. The molecule has 0 spiro atoms. The molecule has 0 radical (unpaired) electrons. The van der Waals surface area contributed by atoms with E-state index in [1.54, 1.807) is 11.9 Å². The highest BCUT2D eigenvalue weighted by Crippen LogP contribution is 2.28. The summed E-state index contributed by atoms with van der Waals surface area (Å²) in [5, 5.41) is 12.4. The van der Waals surface area contributed by atoms with Crippen LogP contribution in [-0.4, -0.2) is 18.1 Å². The minimum Gasteiger partial charge on any atom is -0.365 e. The summed E-state index contributed by atoms with van der Waals surface area (Å²) in [7, 11) is 2.09. The van der Waals surface area contributed by atoms with Crippen LogP contribution in [0.5, 0.6) is 0 Å². The zero-order chi connectivity index (χ0) is 18.8. The number of rotatable bonds is 4. The van der Waals surface area contributed by atoms with Gasteiger partial charge in [0.15, 0.2) is 0 Å². The standard InChI is InChI=1S/C22H20N4S/c1-15-13-19-9-12-21(26(2)22(19)24-15)25-27-20-10-7-18(8-11-20)17-5-3-16(14-23)4-6-17/h3-13,22,24-25H,1-2H3. The summed E-state index contributed by atoms with van der Waals surface area (Å²) in [5.41, 5.74) is 5.42. The van der Waals surface area contributed by atoms with E-state index < -0.39 is 0 Å². The summed E-state index contributed by atoms with van der Waals surface area (Å²) in [6, 6.07) is 18.2. The predicted molar refractivity (Wildman–Crippen MR) is 110 cm³/mol. The molecule has 0 saturated carbocycles. The highest BCUT2D eigenvalue weighted by Gasteiger charge is 2.27. The van der Waals surface area contributed by atoms with E-state index in [1.807, 2.05) is 24.3 Å². The summed E-state index contributed by atoms with van der Waals surface area (Å²) in [5.74, 6) is 1.07. The lowest BCUT2D eigenvalue weighted by atomic mass is 10.0. The molecular weight excluding hydrogens is 352 g/mol. The lowest BCUT2D eigenvalue weighted by molar-refractivity contribution is 0.308. The first-order chi connectivity index (χ1) is 13.1. The van der Waals surface area contributed by atoms with Crippen molar-refractivity contribution in [2.24, 2.45) is 0 Å². The van der Waals surface area contributed by atoms with Gasteiger partial charge in [0.25, 0.3) is 0 Å². The summed E-state index contributed by atoms with van der Waals surface area (Å²) in [6.45, 7) is 2.09. The van der Waals surface area contributed by atoms with E-state index in [9.17, 15) is 0 Å². The second-order valence-electron chi connectivity index (χ2n) is 6.62. The molecule has 2 aromatic rings. The van der Waals surface area contributed by atoms with Crippen molar-refractivity contribution in [2.75, 3.05) is 7.05 Å². The average Bonchev–Trinajstić information content (AvgIpc) is 3.09. The van der Waals surface area contributed by atoms with Crippen molar-refractivity contribution >= 4 is 11.9 Å². The fourth-order valence-electron chi connectivity index (χ4n) is 3.23. The van der Waals surface area contributed by atoms with Gasteiger partial charge < -0.3 is 14.9 Å². The van der Waals surface area contributed by atoms with Crippen LogP contribution in [0.1, 0.15) is 12.5 Å². The number of hydrogen-bond acceptors (Lipinski definition) is 5. The quantitative estimate of drug-likeness (QED) is 0.781. The third-order valence-electron chi connectivity index (χ3n) is 4.74. The fraction of sp³-hybridized carbons (Fsp3) is 0.136. The molecule has 5 heteroatoms. The largest absolute Gasteiger partial charge is 0.365 e. The molecule has 4 nitrogen and oxygen atoms in total. The minimum atomic E-state index is 0.205. The van der Waals surface area contributed by atoms with Gasteiger partial charge in [-0.15, -0.1) is 0 Å². The molecule has 0 aromatic heterocycles.